The molecule has 2 aromatic carbocycles. The van der Waals surface area contributed by atoms with E-state index in [4.69, 9.17) is 11.6 Å². The minimum Gasteiger partial charge on any atom is -0.376 e. The lowest BCUT2D eigenvalue weighted by atomic mass is 10.1. The zero-order valence-electron chi connectivity index (χ0n) is 11.2. The van der Waals surface area contributed by atoms with Gasteiger partial charge in [-0.15, -0.1) is 0 Å². The van der Waals surface area contributed by atoms with E-state index in [0.717, 1.165) is 6.07 Å². The molecule has 0 aliphatic heterocycles. The summed E-state index contributed by atoms with van der Waals surface area (Å²) in [5.74, 6) is -0.459. The molecule has 1 amide bonds. The molecule has 0 radical (unpaired) electrons. The van der Waals surface area contributed by atoms with Gasteiger partial charge in [0.25, 0.3) is 0 Å². The van der Waals surface area contributed by atoms with Gasteiger partial charge < -0.3 is 10.6 Å². The number of carbonyl (C=O) groups is 1. The molecule has 0 bridgehead atoms. The van der Waals surface area contributed by atoms with E-state index in [2.05, 4.69) is 10.6 Å². The summed E-state index contributed by atoms with van der Waals surface area (Å²) >= 11 is 5.72. The van der Waals surface area contributed by atoms with Crippen LogP contribution in [0.4, 0.5) is 24.5 Å². The fourth-order valence-corrected chi connectivity index (χ4v) is 1.92. The molecular formula is C15H12ClF3N2O. The molecule has 2 aromatic rings. The number of alkyl halides is 3. The number of nitrogens with one attached hydrogen (secondary N) is 2. The number of anilines is 2. The summed E-state index contributed by atoms with van der Waals surface area (Å²) in [5.41, 5.74) is -0.434. The minimum atomic E-state index is -4.48. The smallest absolute Gasteiger partial charge is 0.376 e. The number of para-hydroxylation sites is 1. The summed E-state index contributed by atoms with van der Waals surface area (Å²) in [6, 6.07) is 11.4. The van der Waals surface area contributed by atoms with Crippen LogP contribution in [0.1, 0.15) is 5.56 Å². The highest BCUT2D eigenvalue weighted by Gasteiger charge is 2.33. The number of amides is 1. The van der Waals surface area contributed by atoms with Gasteiger partial charge in [-0.05, 0) is 36.4 Å². The Labute approximate surface area is 130 Å². The van der Waals surface area contributed by atoms with E-state index in [-0.39, 0.29) is 12.2 Å². The van der Waals surface area contributed by atoms with Crippen LogP contribution >= 0.6 is 11.6 Å². The number of hydrogen-bond acceptors (Lipinski definition) is 2. The fourth-order valence-electron chi connectivity index (χ4n) is 1.80. The first-order valence-corrected chi connectivity index (χ1v) is 6.69. The van der Waals surface area contributed by atoms with Crippen molar-refractivity contribution < 1.29 is 18.0 Å². The van der Waals surface area contributed by atoms with Gasteiger partial charge in [-0.2, -0.15) is 13.2 Å². The van der Waals surface area contributed by atoms with Crippen molar-refractivity contribution in [1.29, 1.82) is 0 Å². The predicted molar refractivity (Wildman–Crippen MR) is 80.0 cm³/mol. The van der Waals surface area contributed by atoms with Crippen LogP contribution in [-0.2, 0) is 11.0 Å². The molecule has 0 heterocycles. The number of hydrogen-bond donors (Lipinski definition) is 2. The van der Waals surface area contributed by atoms with Crippen LogP contribution in [-0.4, -0.2) is 12.5 Å². The summed E-state index contributed by atoms with van der Waals surface area (Å²) < 4.78 is 38.4. The monoisotopic (exact) mass is 328 g/mol. The second-order valence-electron chi connectivity index (χ2n) is 4.45. The Morgan fingerprint density at radius 1 is 1.05 bits per heavy atom. The van der Waals surface area contributed by atoms with Crippen LogP contribution in [0.5, 0.6) is 0 Å². The zero-order chi connectivity index (χ0) is 16.2. The van der Waals surface area contributed by atoms with Gasteiger partial charge in [-0.1, -0.05) is 23.7 Å². The lowest BCUT2D eigenvalue weighted by molar-refractivity contribution is -0.137. The van der Waals surface area contributed by atoms with Crippen molar-refractivity contribution in [2.24, 2.45) is 0 Å². The van der Waals surface area contributed by atoms with Crippen molar-refractivity contribution in [3.63, 3.8) is 0 Å². The van der Waals surface area contributed by atoms with E-state index in [1.807, 2.05) is 0 Å². The predicted octanol–water partition coefficient (Wildman–Crippen LogP) is 4.41. The van der Waals surface area contributed by atoms with E-state index >= 15 is 0 Å². The summed E-state index contributed by atoms with van der Waals surface area (Å²) in [6.45, 7) is -0.282. The Hall–Kier alpha value is -2.21. The van der Waals surface area contributed by atoms with Crippen LogP contribution in [0.25, 0.3) is 0 Å². The van der Waals surface area contributed by atoms with Crippen molar-refractivity contribution in [1.82, 2.24) is 0 Å². The molecule has 0 aromatic heterocycles. The van der Waals surface area contributed by atoms with Gasteiger partial charge in [-0.3, -0.25) is 4.79 Å². The molecule has 0 fully saturated rings. The van der Waals surface area contributed by atoms with Crippen molar-refractivity contribution in [2.75, 3.05) is 17.2 Å². The summed E-state index contributed by atoms with van der Waals surface area (Å²) in [5, 5.41) is 5.57. The number of carbonyl (C=O) groups excluding carboxylic acids is 1. The topological polar surface area (TPSA) is 41.1 Å². The summed E-state index contributed by atoms with van der Waals surface area (Å²) in [6.07, 6.45) is -4.48. The van der Waals surface area contributed by atoms with Crippen molar-refractivity contribution in [2.45, 2.75) is 6.18 Å². The third-order valence-corrected chi connectivity index (χ3v) is 3.05. The SMILES string of the molecule is O=C(CNc1ccccc1C(F)(F)F)Nc1ccc(Cl)cc1. The first kappa shape index (κ1) is 16.2. The summed E-state index contributed by atoms with van der Waals surface area (Å²) in [7, 11) is 0. The van der Waals surface area contributed by atoms with Crippen LogP contribution in [0.3, 0.4) is 0 Å². The van der Waals surface area contributed by atoms with E-state index in [1.54, 1.807) is 24.3 Å². The van der Waals surface area contributed by atoms with Crippen LogP contribution in [0, 0.1) is 0 Å². The highest BCUT2D eigenvalue weighted by atomic mass is 35.5. The Kier molecular flexibility index (Phi) is 4.92. The molecule has 3 nitrogen and oxygen atoms in total. The van der Waals surface area contributed by atoms with Crippen molar-refractivity contribution in [3.05, 3.63) is 59.1 Å². The molecule has 22 heavy (non-hydrogen) atoms. The quantitative estimate of drug-likeness (QED) is 0.873. The maximum absolute atomic E-state index is 12.8. The lowest BCUT2D eigenvalue weighted by Gasteiger charge is -2.14. The van der Waals surface area contributed by atoms with E-state index < -0.39 is 17.6 Å². The Balaban J connectivity index is 1.98. The minimum absolute atomic E-state index is 0.138. The van der Waals surface area contributed by atoms with Crippen LogP contribution in [0.2, 0.25) is 5.02 Å². The Morgan fingerprint density at radius 2 is 1.68 bits per heavy atom. The molecule has 0 saturated heterocycles. The van der Waals surface area contributed by atoms with E-state index in [0.29, 0.717) is 10.7 Å². The molecule has 2 rings (SSSR count). The number of halogens is 4. The highest BCUT2D eigenvalue weighted by Crippen LogP contribution is 2.34. The molecule has 0 aliphatic carbocycles. The van der Waals surface area contributed by atoms with E-state index in [9.17, 15) is 18.0 Å². The molecule has 7 heteroatoms. The van der Waals surface area contributed by atoms with Gasteiger partial charge in [0, 0.05) is 16.4 Å². The molecule has 2 N–H and O–H groups in total. The maximum atomic E-state index is 12.8. The first-order chi connectivity index (χ1) is 10.4. The molecule has 0 aliphatic rings. The first-order valence-electron chi connectivity index (χ1n) is 6.32. The normalized spacial score (nSPS) is 11.1. The van der Waals surface area contributed by atoms with Crippen molar-refractivity contribution >= 4 is 28.9 Å². The third-order valence-electron chi connectivity index (χ3n) is 2.80. The van der Waals surface area contributed by atoms with Crippen LogP contribution in [0.15, 0.2) is 48.5 Å². The lowest BCUT2D eigenvalue weighted by Crippen LogP contribution is -2.23. The van der Waals surface area contributed by atoms with Gasteiger partial charge in [0.1, 0.15) is 0 Å². The van der Waals surface area contributed by atoms with Crippen LogP contribution < -0.4 is 10.6 Å². The number of rotatable bonds is 4. The van der Waals surface area contributed by atoms with Crippen molar-refractivity contribution in [3.8, 4) is 0 Å². The molecule has 116 valence electrons. The highest BCUT2D eigenvalue weighted by molar-refractivity contribution is 6.30. The Bertz CT molecular complexity index is 657. The van der Waals surface area contributed by atoms with Gasteiger partial charge in [0.05, 0.1) is 12.1 Å². The second-order valence-corrected chi connectivity index (χ2v) is 4.89. The molecule has 0 atom stereocenters. The average molecular weight is 329 g/mol. The second kappa shape index (κ2) is 6.70. The standard InChI is InChI=1S/C15H12ClF3N2O/c16-10-5-7-11(8-6-10)21-14(22)9-20-13-4-2-1-3-12(13)15(17,18)19/h1-8,20H,9H2,(H,21,22). The van der Waals surface area contributed by atoms with E-state index in [1.165, 1.54) is 18.2 Å². The molecular weight excluding hydrogens is 317 g/mol. The average Bonchev–Trinajstić information content (AvgIpc) is 2.47. The van der Waals surface area contributed by atoms with Gasteiger partial charge >= 0.3 is 6.18 Å². The largest absolute Gasteiger partial charge is 0.418 e. The molecule has 0 spiro atoms. The third kappa shape index (κ3) is 4.39. The summed E-state index contributed by atoms with van der Waals surface area (Å²) in [4.78, 5) is 11.7. The van der Waals surface area contributed by atoms with Gasteiger partial charge in [0.2, 0.25) is 5.91 Å². The van der Waals surface area contributed by atoms with Gasteiger partial charge in [0.15, 0.2) is 0 Å². The molecule has 0 unspecified atom stereocenters. The zero-order valence-corrected chi connectivity index (χ0v) is 12.0. The number of benzene rings is 2. The molecule has 0 saturated carbocycles. The Morgan fingerprint density at radius 3 is 2.32 bits per heavy atom. The fraction of sp³-hybridized carbons (Fsp3) is 0.133. The maximum Gasteiger partial charge on any atom is 0.418 e. The van der Waals surface area contributed by atoms with Gasteiger partial charge in [-0.25, -0.2) is 0 Å².